The molecule has 0 aliphatic carbocycles. The monoisotopic (exact) mass is 563 g/mol. The van der Waals surface area contributed by atoms with Gasteiger partial charge >= 0.3 is 5.97 Å². The number of nitrogens with zero attached hydrogens (tertiary/aromatic N) is 1. The number of aryl methyl sites for hydroxylation is 2. The first kappa shape index (κ1) is 29.8. The minimum Gasteiger partial charge on any atom is -0.489 e. The van der Waals surface area contributed by atoms with Crippen molar-refractivity contribution >= 4 is 23.7 Å². The van der Waals surface area contributed by atoms with E-state index in [-0.39, 0.29) is 24.8 Å². The lowest BCUT2D eigenvalue weighted by Gasteiger charge is -2.28. The number of rotatable bonds is 11. The number of likely N-dealkylation sites (tertiary alicyclic amines) is 1. The fourth-order valence-electron chi connectivity index (χ4n) is 5.18. The Kier molecular flexibility index (Phi) is 9.78. The number of carbonyl (C=O) groups excluding carboxylic acids is 4. The molecule has 4 rings (SSSR count). The van der Waals surface area contributed by atoms with Crippen LogP contribution in [0.3, 0.4) is 0 Å². The maximum absolute atomic E-state index is 13.3. The van der Waals surface area contributed by atoms with Crippen LogP contribution in [0.15, 0.2) is 55.1 Å². The molecule has 0 aromatic heterocycles. The lowest BCUT2D eigenvalue weighted by molar-refractivity contribution is -0.168. The van der Waals surface area contributed by atoms with Gasteiger partial charge in [-0.05, 0) is 62.4 Å². The van der Waals surface area contributed by atoms with Gasteiger partial charge in [0.25, 0.3) is 5.91 Å². The van der Waals surface area contributed by atoms with E-state index in [0.717, 1.165) is 16.7 Å². The fourth-order valence-corrected chi connectivity index (χ4v) is 5.18. The summed E-state index contributed by atoms with van der Waals surface area (Å²) in [5, 5.41) is 5.62. The minimum atomic E-state index is -0.920. The van der Waals surface area contributed by atoms with Gasteiger partial charge in [0, 0.05) is 12.1 Å². The number of benzene rings is 2. The molecule has 2 aromatic carbocycles. The molecule has 2 aliphatic heterocycles. The van der Waals surface area contributed by atoms with Gasteiger partial charge in [-0.15, -0.1) is 0 Å². The van der Waals surface area contributed by atoms with Crippen LogP contribution in [-0.2, 0) is 30.5 Å². The maximum Gasteiger partial charge on any atom is 0.310 e. The van der Waals surface area contributed by atoms with E-state index in [1.165, 1.54) is 4.90 Å². The Bertz CT molecular complexity index is 1270. The highest BCUT2D eigenvalue weighted by molar-refractivity contribution is 5.99. The predicted molar refractivity (Wildman–Crippen MR) is 151 cm³/mol. The summed E-state index contributed by atoms with van der Waals surface area (Å²) in [5.41, 5.74) is 2.92. The third-order valence-corrected chi connectivity index (χ3v) is 7.17. The van der Waals surface area contributed by atoms with Gasteiger partial charge in [0.1, 0.15) is 30.5 Å². The summed E-state index contributed by atoms with van der Waals surface area (Å²) >= 11 is 0. The van der Waals surface area contributed by atoms with Gasteiger partial charge in [0.2, 0.25) is 18.1 Å². The van der Waals surface area contributed by atoms with Crippen molar-refractivity contribution in [1.82, 2.24) is 15.5 Å². The number of hydrogen-bond acceptors (Lipinski definition) is 7. The first-order chi connectivity index (χ1) is 19.7. The van der Waals surface area contributed by atoms with E-state index >= 15 is 0 Å². The van der Waals surface area contributed by atoms with Crippen LogP contribution in [0.2, 0.25) is 0 Å². The molecule has 10 heteroatoms. The van der Waals surface area contributed by atoms with Crippen LogP contribution in [0, 0.1) is 13.8 Å². The molecule has 41 heavy (non-hydrogen) atoms. The molecule has 2 saturated heterocycles. The average molecular weight is 564 g/mol. The molecule has 0 spiro atoms. The topological polar surface area (TPSA) is 123 Å². The molecular formula is C31H37N3O7. The van der Waals surface area contributed by atoms with Crippen LogP contribution in [-0.4, -0.2) is 66.2 Å². The third kappa shape index (κ3) is 7.32. The summed E-state index contributed by atoms with van der Waals surface area (Å²) in [7, 11) is 0. The quantitative estimate of drug-likeness (QED) is 0.318. The second-order valence-electron chi connectivity index (χ2n) is 10.4. The smallest absolute Gasteiger partial charge is 0.310 e. The zero-order valence-electron chi connectivity index (χ0n) is 23.7. The van der Waals surface area contributed by atoms with Gasteiger partial charge in [-0.1, -0.05) is 43.0 Å². The summed E-state index contributed by atoms with van der Waals surface area (Å²) in [6.45, 7) is 9.93. The van der Waals surface area contributed by atoms with Gasteiger partial charge in [0.05, 0.1) is 13.0 Å². The van der Waals surface area contributed by atoms with Crippen molar-refractivity contribution in [2.45, 2.75) is 71.1 Å². The van der Waals surface area contributed by atoms with E-state index in [4.69, 9.17) is 14.2 Å². The summed E-state index contributed by atoms with van der Waals surface area (Å²) in [4.78, 5) is 53.1. The summed E-state index contributed by atoms with van der Waals surface area (Å²) in [6, 6.07) is 10.6. The Hall–Kier alpha value is -4.18. The normalized spacial score (nSPS) is 20.7. The summed E-state index contributed by atoms with van der Waals surface area (Å²) in [5.74, 6) is -0.903. The van der Waals surface area contributed by atoms with Crippen LogP contribution in [0.5, 0.6) is 5.75 Å². The molecule has 0 saturated carbocycles. The Labute approximate surface area is 240 Å². The zero-order valence-corrected chi connectivity index (χ0v) is 23.7. The molecular weight excluding hydrogens is 526 g/mol. The number of cyclic esters (lactones) is 1. The first-order valence-corrected chi connectivity index (χ1v) is 13.8. The fraction of sp³-hybridized carbons (Fsp3) is 0.419. The molecule has 2 aliphatic rings. The van der Waals surface area contributed by atoms with Crippen LogP contribution < -0.4 is 15.4 Å². The molecule has 0 radical (unpaired) electrons. The number of esters is 1. The second-order valence-corrected chi connectivity index (χ2v) is 10.4. The molecule has 10 nitrogen and oxygen atoms in total. The van der Waals surface area contributed by atoms with Crippen LogP contribution in [0.25, 0.3) is 0 Å². The van der Waals surface area contributed by atoms with E-state index < -0.39 is 36.3 Å². The second kappa shape index (κ2) is 13.5. The number of nitrogens with one attached hydrogen (secondary N) is 2. The molecule has 4 unspecified atom stereocenters. The van der Waals surface area contributed by atoms with Crippen molar-refractivity contribution in [3.8, 4) is 5.75 Å². The molecule has 3 amide bonds. The predicted octanol–water partition coefficient (Wildman–Crippen LogP) is 2.95. The largest absolute Gasteiger partial charge is 0.489 e. The van der Waals surface area contributed by atoms with Crippen molar-refractivity contribution in [1.29, 1.82) is 0 Å². The molecule has 0 bridgehead atoms. The molecule has 2 N–H and O–H groups in total. The Morgan fingerprint density at radius 3 is 2.56 bits per heavy atom. The number of hydrogen-bond donors (Lipinski definition) is 2. The SMILES string of the molecule is C=CCOc1c(C)cc(C(=O)NC(C)C(=O)N2CCCC2C(=O)NC2CC(=O)OC2OCc2ccccc2)cc1C. The highest BCUT2D eigenvalue weighted by Crippen LogP contribution is 2.26. The van der Waals surface area contributed by atoms with Gasteiger partial charge in [-0.25, -0.2) is 0 Å². The summed E-state index contributed by atoms with van der Waals surface area (Å²) < 4.78 is 16.7. The van der Waals surface area contributed by atoms with E-state index in [2.05, 4.69) is 17.2 Å². The molecule has 2 aromatic rings. The van der Waals surface area contributed by atoms with Gasteiger partial charge in [-0.2, -0.15) is 0 Å². The Balaban J connectivity index is 1.35. The maximum atomic E-state index is 13.3. The van der Waals surface area contributed by atoms with E-state index in [9.17, 15) is 19.2 Å². The van der Waals surface area contributed by atoms with Gasteiger partial charge in [-0.3, -0.25) is 19.2 Å². The highest BCUT2D eigenvalue weighted by Gasteiger charge is 2.41. The van der Waals surface area contributed by atoms with Crippen molar-refractivity contribution in [2.24, 2.45) is 0 Å². The lowest BCUT2D eigenvalue weighted by atomic mass is 10.0. The van der Waals surface area contributed by atoms with Crippen molar-refractivity contribution in [3.05, 3.63) is 77.4 Å². The molecule has 2 heterocycles. The van der Waals surface area contributed by atoms with Gasteiger partial charge in [0.15, 0.2) is 0 Å². The Morgan fingerprint density at radius 1 is 1.17 bits per heavy atom. The number of carbonyl (C=O) groups is 4. The van der Waals surface area contributed by atoms with Crippen LogP contribution in [0.1, 0.15) is 53.2 Å². The average Bonchev–Trinajstić information content (AvgIpc) is 3.58. The third-order valence-electron chi connectivity index (χ3n) is 7.17. The van der Waals surface area contributed by atoms with Crippen molar-refractivity contribution in [3.63, 3.8) is 0 Å². The lowest BCUT2D eigenvalue weighted by Crippen LogP contribution is -2.54. The van der Waals surface area contributed by atoms with Gasteiger partial charge < -0.3 is 29.7 Å². The number of amides is 3. The highest BCUT2D eigenvalue weighted by atomic mass is 16.7. The van der Waals surface area contributed by atoms with Crippen molar-refractivity contribution < 1.29 is 33.4 Å². The minimum absolute atomic E-state index is 0.0193. The number of ether oxygens (including phenoxy) is 3. The standard InChI is InChI=1S/C31H37N3O7/c1-5-14-39-27-19(2)15-23(16-20(27)3)28(36)32-21(4)30(38)34-13-9-12-25(34)29(37)33-24-17-26(35)41-31(24)40-18-22-10-7-6-8-11-22/h5-8,10-11,15-16,21,24-25,31H,1,9,12-14,17-18H2,2-4H3,(H,32,36)(H,33,37). The summed E-state index contributed by atoms with van der Waals surface area (Å²) in [6.07, 6.45) is 1.82. The molecule has 2 fully saturated rings. The molecule has 4 atom stereocenters. The van der Waals surface area contributed by atoms with Crippen LogP contribution >= 0.6 is 0 Å². The van der Waals surface area contributed by atoms with E-state index in [1.54, 1.807) is 25.1 Å². The molecule has 218 valence electrons. The van der Waals surface area contributed by atoms with E-state index in [1.807, 2.05) is 44.2 Å². The van der Waals surface area contributed by atoms with Crippen molar-refractivity contribution in [2.75, 3.05) is 13.2 Å². The Morgan fingerprint density at radius 2 is 1.88 bits per heavy atom. The zero-order chi connectivity index (χ0) is 29.5. The van der Waals surface area contributed by atoms with E-state index in [0.29, 0.717) is 37.3 Å². The first-order valence-electron chi connectivity index (χ1n) is 13.8. The van der Waals surface area contributed by atoms with Crippen LogP contribution in [0.4, 0.5) is 0 Å².